The van der Waals surface area contributed by atoms with Crippen LogP contribution in [0.2, 0.25) is 0 Å². The van der Waals surface area contributed by atoms with Crippen LogP contribution in [-0.4, -0.2) is 27.6 Å². The van der Waals surface area contributed by atoms with Crippen molar-refractivity contribution in [2.45, 2.75) is 6.42 Å². The first-order valence-corrected chi connectivity index (χ1v) is 4.91. The number of amides is 1. The van der Waals surface area contributed by atoms with E-state index in [2.05, 4.69) is 9.97 Å². The van der Waals surface area contributed by atoms with Gasteiger partial charge in [-0.15, -0.1) is 0 Å². The van der Waals surface area contributed by atoms with E-state index in [4.69, 9.17) is 10.8 Å². The summed E-state index contributed by atoms with van der Waals surface area (Å²) in [5.41, 5.74) is 7.12. The molecule has 5 nitrogen and oxygen atoms in total. The van der Waals surface area contributed by atoms with Gasteiger partial charge in [0.15, 0.2) is 5.69 Å². The number of aliphatic hydroxyl groups is 1. The summed E-state index contributed by atoms with van der Waals surface area (Å²) in [7, 11) is 0. The van der Waals surface area contributed by atoms with Crippen molar-refractivity contribution in [1.29, 1.82) is 0 Å². The van der Waals surface area contributed by atoms with E-state index in [1.165, 1.54) is 0 Å². The minimum absolute atomic E-state index is 0.0282. The quantitative estimate of drug-likeness (QED) is 0.693. The predicted molar refractivity (Wildman–Crippen MR) is 59.7 cm³/mol. The van der Waals surface area contributed by atoms with Crippen molar-refractivity contribution in [2.75, 3.05) is 6.61 Å². The minimum atomic E-state index is -0.551. The largest absolute Gasteiger partial charge is 0.396 e. The zero-order chi connectivity index (χ0) is 11.5. The van der Waals surface area contributed by atoms with Gasteiger partial charge in [-0.3, -0.25) is 4.79 Å². The number of carbonyl (C=O) groups is 1. The van der Waals surface area contributed by atoms with Crippen molar-refractivity contribution in [3.05, 3.63) is 36.1 Å². The molecule has 0 unspecified atom stereocenters. The number of primary amides is 1. The van der Waals surface area contributed by atoms with Crippen LogP contribution in [0.4, 0.5) is 0 Å². The first-order valence-electron chi connectivity index (χ1n) is 4.91. The number of aliphatic hydroxyl groups excluding tert-OH is 1. The SMILES string of the molecule is NC(=O)c1nccc2c(C[CH]CO)c[nH]c12. The number of aromatic amines is 1. The highest BCUT2D eigenvalue weighted by atomic mass is 16.2. The van der Waals surface area contributed by atoms with E-state index in [1.54, 1.807) is 18.8 Å². The van der Waals surface area contributed by atoms with E-state index in [1.807, 2.05) is 6.07 Å². The average Bonchev–Trinajstić information content (AvgIpc) is 2.69. The Labute approximate surface area is 92.3 Å². The molecule has 1 radical (unpaired) electrons. The Bertz CT molecular complexity index is 519. The highest BCUT2D eigenvalue weighted by molar-refractivity contribution is 6.03. The van der Waals surface area contributed by atoms with Gasteiger partial charge in [-0.1, -0.05) is 0 Å². The van der Waals surface area contributed by atoms with Crippen LogP contribution in [-0.2, 0) is 6.42 Å². The molecule has 0 atom stereocenters. The summed E-state index contributed by atoms with van der Waals surface area (Å²) in [4.78, 5) is 18.0. The minimum Gasteiger partial charge on any atom is -0.396 e. The Kier molecular flexibility index (Phi) is 2.87. The molecule has 2 aromatic heterocycles. The highest BCUT2D eigenvalue weighted by Crippen LogP contribution is 2.20. The Morgan fingerprint density at radius 2 is 2.44 bits per heavy atom. The van der Waals surface area contributed by atoms with Crippen molar-refractivity contribution >= 4 is 16.8 Å². The number of carbonyl (C=O) groups excluding carboxylic acids is 1. The molecule has 16 heavy (non-hydrogen) atoms. The van der Waals surface area contributed by atoms with Crippen LogP contribution in [0.25, 0.3) is 10.9 Å². The van der Waals surface area contributed by atoms with Crippen LogP contribution in [0.3, 0.4) is 0 Å². The van der Waals surface area contributed by atoms with Crippen LogP contribution in [0.5, 0.6) is 0 Å². The molecule has 1 amide bonds. The molecule has 0 spiro atoms. The molecule has 83 valence electrons. The maximum absolute atomic E-state index is 11.1. The molecule has 0 aromatic carbocycles. The fraction of sp³-hybridized carbons (Fsp3) is 0.182. The van der Waals surface area contributed by atoms with Crippen LogP contribution in [0, 0.1) is 6.42 Å². The number of fused-ring (bicyclic) bond motifs is 1. The second kappa shape index (κ2) is 4.32. The van der Waals surface area contributed by atoms with Gasteiger partial charge in [0, 0.05) is 24.4 Å². The number of aromatic nitrogens is 2. The second-order valence-electron chi connectivity index (χ2n) is 3.44. The third kappa shape index (κ3) is 1.77. The molecule has 0 saturated heterocycles. The van der Waals surface area contributed by atoms with Crippen molar-refractivity contribution in [2.24, 2.45) is 5.73 Å². The molecule has 0 saturated carbocycles. The first-order chi connectivity index (χ1) is 7.74. The van der Waals surface area contributed by atoms with E-state index in [0.717, 1.165) is 10.9 Å². The molecule has 0 aliphatic carbocycles. The average molecular weight is 218 g/mol. The highest BCUT2D eigenvalue weighted by Gasteiger charge is 2.11. The van der Waals surface area contributed by atoms with Gasteiger partial charge in [-0.25, -0.2) is 4.98 Å². The molecular weight excluding hydrogens is 206 g/mol. The van der Waals surface area contributed by atoms with Crippen molar-refractivity contribution in [1.82, 2.24) is 9.97 Å². The predicted octanol–water partition coefficient (Wildman–Crippen LogP) is 0.401. The van der Waals surface area contributed by atoms with Crippen molar-refractivity contribution in [3.63, 3.8) is 0 Å². The van der Waals surface area contributed by atoms with Gasteiger partial charge in [0.2, 0.25) is 0 Å². The third-order valence-corrected chi connectivity index (χ3v) is 2.41. The number of pyridine rings is 1. The summed E-state index contributed by atoms with van der Waals surface area (Å²) in [5.74, 6) is -0.551. The Hall–Kier alpha value is -1.88. The van der Waals surface area contributed by atoms with E-state index < -0.39 is 5.91 Å². The molecule has 4 N–H and O–H groups in total. The first kappa shape index (κ1) is 10.6. The van der Waals surface area contributed by atoms with Gasteiger partial charge in [0.25, 0.3) is 5.91 Å². The fourth-order valence-electron chi connectivity index (χ4n) is 1.69. The zero-order valence-corrected chi connectivity index (χ0v) is 8.60. The maximum atomic E-state index is 11.1. The smallest absolute Gasteiger partial charge is 0.269 e. The third-order valence-electron chi connectivity index (χ3n) is 2.41. The number of H-pyrrole nitrogens is 1. The lowest BCUT2D eigenvalue weighted by atomic mass is 10.1. The molecule has 2 rings (SSSR count). The van der Waals surface area contributed by atoms with E-state index in [-0.39, 0.29) is 12.3 Å². The van der Waals surface area contributed by atoms with Gasteiger partial charge in [0.1, 0.15) is 0 Å². The monoisotopic (exact) mass is 218 g/mol. The molecule has 5 heteroatoms. The summed E-state index contributed by atoms with van der Waals surface area (Å²) < 4.78 is 0. The number of nitrogens with two attached hydrogens (primary N) is 1. The topological polar surface area (TPSA) is 92.0 Å². The summed E-state index contributed by atoms with van der Waals surface area (Å²) in [6.07, 6.45) is 5.73. The number of rotatable bonds is 4. The number of hydrogen-bond acceptors (Lipinski definition) is 3. The van der Waals surface area contributed by atoms with E-state index in [0.29, 0.717) is 11.9 Å². The molecule has 0 aliphatic rings. The summed E-state index contributed by atoms with van der Waals surface area (Å²) in [6.45, 7) is 0.0282. The molecule has 0 bridgehead atoms. The molecule has 2 aromatic rings. The number of hydrogen-bond donors (Lipinski definition) is 3. The molecule has 0 aliphatic heterocycles. The van der Waals surface area contributed by atoms with Crippen LogP contribution in [0.15, 0.2) is 18.5 Å². The van der Waals surface area contributed by atoms with Gasteiger partial charge in [-0.2, -0.15) is 0 Å². The van der Waals surface area contributed by atoms with Crippen LogP contribution in [0.1, 0.15) is 16.1 Å². The van der Waals surface area contributed by atoms with Crippen LogP contribution >= 0.6 is 0 Å². The molecule has 2 heterocycles. The maximum Gasteiger partial charge on any atom is 0.269 e. The van der Waals surface area contributed by atoms with E-state index in [9.17, 15) is 4.79 Å². The number of nitrogens with zero attached hydrogens (tertiary/aromatic N) is 1. The lowest BCUT2D eigenvalue weighted by Crippen LogP contribution is -2.13. The Morgan fingerprint density at radius 3 is 3.12 bits per heavy atom. The lowest BCUT2D eigenvalue weighted by Gasteiger charge is -1.99. The normalized spacial score (nSPS) is 10.8. The van der Waals surface area contributed by atoms with Crippen molar-refractivity contribution in [3.8, 4) is 0 Å². The van der Waals surface area contributed by atoms with Gasteiger partial charge >= 0.3 is 0 Å². The van der Waals surface area contributed by atoms with Crippen LogP contribution < -0.4 is 5.73 Å². The standard InChI is InChI=1S/C11H12N3O2/c12-11(16)10-9-8(3-4-13-10)7(6-14-9)2-1-5-15/h1,3-4,6,14-15H,2,5H2,(H2,12,16). The summed E-state index contributed by atoms with van der Waals surface area (Å²) in [5, 5.41) is 9.64. The Balaban J connectivity index is 2.48. The zero-order valence-electron chi connectivity index (χ0n) is 8.60. The number of nitrogens with one attached hydrogen (secondary N) is 1. The Morgan fingerprint density at radius 1 is 1.62 bits per heavy atom. The van der Waals surface area contributed by atoms with Gasteiger partial charge < -0.3 is 15.8 Å². The van der Waals surface area contributed by atoms with E-state index >= 15 is 0 Å². The van der Waals surface area contributed by atoms with Crippen molar-refractivity contribution < 1.29 is 9.90 Å². The van der Waals surface area contributed by atoms with Gasteiger partial charge in [-0.05, 0) is 24.5 Å². The summed E-state index contributed by atoms with van der Waals surface area (Å²) in [6, 6.07) is 1.82. The molecule has 0 fully saturated rings. The van der Waals surface area contributed by atoms with Gasteiger partial charge in [0.05, 0.1) is 5.52 Å². The lowest BCUT2D eigenvalue weighted by molar-refractivity contribution is 0.0997. The second-order valence-corrected chi connectivity index (χ2v) is 3.44. The summed E-state index contributed by atoms with van der Waals surface area (Å²) >= 11 is 0. The fourth-order valence-corrected chi connectivity index (χ4v) is 1.69. The molecular formula is C11H12N3O2.